The molecule has 2 aliphatic heterocycles. The van der Waals surface area contributed by atoms with E-state index in [1.165, 1.54) is 38.5 Å². The van der Waals surface area contributed by atoms with Crippen molar-refractivity contribution in [3.8, 4) is 11.5 Å². The van der Waals surface area contributed by atoms with E-state index in [0.717, 1.165) is 5.56 Å². The van der Waals surface area contributed by atoms with Gasteiger partial charge in [0.1, 0.15) is 28.8 Å². The van der Waals surface area contributed by atoms with Crippen LogP contribution < -0.4 is 14.4 Å². The van der Waals surface area contributed by atoms with Gasteiger partial charge in [-0.3, -0.25) is 14.4 Å². The first kappa shape index (κ1) is 27.1. The van der Waals surface area contributed by atoms with Gasteiger partial charge in [0.15, 0.2) is 17.3 Å². The fourth-order valence-corrected chi connectivity index (χ4v) is 7.34. The number of nitrogens with zero attached hydrogens (tertiary/aromatic N) is 1. The summed E-state index contributed by atoms with van der Waals surface area (Å²) in [6.07, 6.45) is 3.66. The zero-order chi connectivity index (χ0) is 30.0. The lowest BCUT2D eigenvalue weighted by Gasteiger charge is -2.37. The molecule has 1 aliphatic carbocycles. The number of hydrogen-bond donors (Lipinski definition) is 0. The topological polar surface area (TPSA) is 72.9 Å². The van der Waals surface area contributed by atoms with Crippen molar-refractivity contribution < 1.29 is 28.2 Å². The van der Waals surface area contributed by atoms with Crippen molar-refractivity contribution in [2.75, 3.05) is 19.1 Å². The van der Waals surface area contributed by atoms with Gasteiger partial charge in [0.05, 0.1) is 20.3 Å². The standard InChI is InChI=1S/C35H25ClFNO5/c1-42-23-13-15-28(43-2)26(18-23)30-31(32(39)19-7-11-22(37)12-8-19)38-27-14-10-21(36)17-20(27)9-16-29(38)35(30)33(40)24-5-3-4-6-25(24)34(35)41/h3-18,29-31H,1-2H3. The third-order valence-corrected chi connectivity index (χ3v) is 9.17. The van der Waals surface area contributed by atoms with E-state index in [9.17, 15) is 18.8 Å². The molecule has 0 bridgehead atoms. The number of ether oxygens (including phenoxy) is 2. The molecular weight excluding hydrogens is 569 g/mol. The molecule has 3 atom stereocenters. The van der Waals surface area contributed by atoms with Crippen molar-refractivity contribution >= 4 is 40.7 Å². The van der Waals surface area contributed by atoms with Crippen molar-refractivity contribution in [3.63, 3.8) is 0 Å². The van der Waals surface area contributed by atoms with Crippen LogP contribution in [-0.4, -0.2) is 43.7 Å². The summed E-state index contributed by atoms with van der Waals surface area (Å²) in [5.74, 6) is -1.73. The lowest BCUT2D eigenvalue weighted by Crippen LogP contribution is -2.48. The molecule has 1 fully saturated rings. The zero-order valence-electron chi connectivity index (χ0n) is 23.2. The van der Waals surface area contributed by atoms with E-state index in [4.69, 9.17) is 21.1 Å². The van der Waals surface area contributed by atoms with Gasteiger partial charge in [0, 0.05) is 38.9 Å². The van der Waals surface area contributed by atoms with Gasteiger partial charge in [-0.15, -0.1) is 0 Å². The van der Waals surface area contributed by atoms with Crippen molar-refractivity contribution in [1.29, 1.82) is 0 Å². The van der Waals surface area contributed by atoms with Gasteiger partial charge in [0.25, 0.3) is 0 Å². The molecule has 0 aromatic heterocycles. The Bertz CT molecular complexity index is 1830. The number of benzene rings is 4. The summed E-state index contributed by atoms with van der Waals surface area (Å²) >= 11 is 6.36. The summed E-state index contributed by atoms with van der Waals surface area (Å²) in [6.45, 7) is 0. The van der Waals surface area contributed by atoms with E-state index >= 15 is 0 Å². The van der Waals surface area contributed by atoms with Crippen LogP contribution in [0, 0.1) is 11.2 Å². The van der Waals surface area contributed by atoms with Crippen molar-refractivity contribution in [2.45, 2.75) is 18.0 Å². The van der Waals surface area contributed by atoms with Gasteiger partial charge >= 0.3 is 0 Å². The molecular formula is C35H25ClFNO5. The van der Waals surface area contributed by atoms with Gasteiger partial charge in [-0.25, -0.2) is 4.39 Å². The number of ketones is 3. The van der Waals surface area contributed by atoms with Gasteiger partial charge in [-0.05, 0) is 66.2 Å². The van der Waals surface area contributed by atoms with Gasteiger partial charge in [0.2, 0.25) is 0 Å². The fourth-order valence-electron chi connectivity index (χ4n) is 7.16. The van der Waals surface area contributed by atoms with Crippen LogP contribution in [0.4, 0.5) is 10.1 Å². The van der Waals surface area contributed by atoms with Crippen LogP contribution in [0.15, 0.2) is 91.0 Å². The third kappa shape index (κ3) is 3.74. The lowest BCUT2D eigenvalue weighted by molar-refractivity contribution is 0.0664. The number of carbonyl (C=O) groups is 3. The summed E-state index contributed by atoms with van der Waals surface area (Å²) in [4.78, 5) is 46.2. The molecule has 0 radical (unpaired) electrons. The average molecular weight is 594 g/mol. The predicted molar refractivity (Wildman–Crippen MR) is 161 cm³/mol. The van der Waals surface area contributed by atoms with Crippen LogP contribution in [0.2, 0.25) is 5.02 Å². The van der Waals surface area contributed by atoms with E-state index in [1.807, 2.05) is 17.1 Å². The Labute approximate surface area is 252 Å². The number of anilines is 1. The number of Topliss-reactive ketones (excluding diaryl/α,β-unsaturated/α-hetero) is 3. The highest BCUT2D eigenvalue weighted by atomic mass is 35.5. The molecule has 214 valence electrons. The maximum Gasteiger partial charge on any atom is 0.185 e. The Balaban J connectivity index is 1.58. The first-order chi connectivity index (χ1) is 20.8. The normalized spacial score (nSPS) is 21.0. The Kier molecular flexibility index (Phi) is 6.25. The largest absolute Gasteiger partial charge is 0.497 e. The maximum atomic E-state index is 14.8. The molecule has 43 heavy (non-hydrogen) atoms. The van der Waals surface area contributed by atoms with Gasteiger partial charge in [-0.1, -0.05) is 48.0 Å². The highest BCUT2D eigenvalue weighted by molar-refractivity contribution is 6.33. The number of halogens is 2. The van der Waals surface area contributed by atoms with Crippen molar-refractivity contribution in [3.05, 3.63) is 130 Å². The Morgan fingerprint density at radius 1 is 0.884 bits per heavy atom. The van der Waals surface area contributed by atoms with E-state index < -0.39 is 29.2 Å². The van der Waals surface area contributed by atoms with Crippen molar-refractivity contribution in [1.82, 2.24) is 0 Å². The highest BCUT2D eigenvalue weighted by Gasteiger charge is 2.72. The first-order valence-electron chi connectivity index (χ1n) is 13.8. The Hall–Kier alpha value is -4.75. The van der Waals surface area contributed by atoms with Crippen LogP contribution in [0.1, 0.15) is 48.1 Å². The molecule has 3 aliphatic rings. The summed E-state index contributed by atoms with van der Waals surface area (Å²) in [5, 5.41) is 0.503. The van der Waals surface area contributed by atoms with E-state index in [-0.39, 0.29) is 22.9 Å². The van der Waals surface area contributed by atoms with Crippen LogP contribution in [-0.2, 0) is 0 Å². The molecule has 1 saturated heterocycles. The second kappa shape index (κ2) is 9.92. The molecule has 0 amide bonds. The maximum absolute atomic E-state index is 14.8. The van der Waals surface area contributed by atoms with E-state index in [2.05, 4.69) is 0 Å². The number of fused-ring (bicyclic) bond motifs is 5. The van der Waals surface area contributed by atoms with Crippen LogP contribution in [0.5, 0.6) is 11.5 Å². The summed E-state index contributed by atoms with van der Waals surface area (Å²) in [6, 6.07) is 20.6. The summed E-state index contributed by atoms with van der Waals surface area (Å²) in [7, 11) is 3.02. The monoisotopic (exact) mass is 593 g/mol. The van der Waals surface area contributed by atoms with Gasteiger partial charge < -0.3 is 14.4 Å². The molecule has 4 aromatic carbocycles. The number of rotatable bonds is 5. The quantitative estimate of drug-likeness (QED) is 0.187. The molecule has 3 unspecified atom stereocenters. The molecule has 6 nitrogen and oxygen atoms in total. The molecule has 0 N–H and O–H groups in total. The summed E-state index contributed by atoms with van der Waals surface area (Å²) in [5.41, 5.74) is 1.01. The summed E-state index contributed by atoms with van der Waals surface area (Å²) < 4.78 is 25.4. The number of methoxy groups -OCH3 is 2. The first-order valence-corrected chi connectivity index (χ1v) is 14.2. The second-order valence-electron chi connectivity index (χ2n) is 10.9. The molecule has 2 heterocycles. The SMILES string of the molecule is COc1ccc(OC)c(C2C(C(=O)c3ccc(F)cc3)N3c4ccc(Cl)cc4C=CC3C23C(=O)c2ccccc2C3=O)c1. The van der Waals surface area contributed by atoms with Crippen LogP contribution in [0.25, 0.3) is 6.08 Å². The van der Waals surface area contributed by atoms with Crippen LogP contribution >= 0.6 is 11.6 Å². The predicted octanol–water partition coefficient (Wildman–Crippen LogP) is 6.81. The van der Waals surface area contributed by atoms with Crippen molar-refractivity contribution in [2.24, 2.45) is 5.41 Å². The molecule has 8 heteroatoms. The fraction of sp³-hybridized carbons (Fsp3) is 0.171. The Morgan fingerprint density at radius 3 is 2.23 bits per heavy atom. The minimum Gasteiger partial charge on any atom is -0.497 e. The van der Waals surface area contributed by atoms with Crippen LogP contribution in [0.3, 0.4) is 0 Å². The molecule has 7 rings (SSSR count). The average Bonchev–Trinajstić information content (AvgIpc) is 3.46. The van der Waals surface area contributed by atoms with E-state index in [1.54, 1.807) is 60.7 Å². The highest BCUT2D eigenvalue weighted by Crippen LogP contribution is 2.62. The molecule has 1 spiro atoms. The minimum atomic E-state index is -1.72. The number of carbonyl (C=O) groups excluding carboxylic acids is 3. The van der Waals surface area contributed by atoms with Gasteiger partial charge in [-0.2, -0.15) is 0 Å². The Morgan fingerprint density at radius 2 is 1.58 bits per heavy atom. The smallest absolute Gasteiger partial charge is 0.185 e. The molecule has 0 saturated carbocycles. The zero-order valence-corrected chi connectivity index (χ0v) is 24.0. The third-order valence-electron chi connectivity index (χ3n) is 8.94. The molecule has 4 aromatic rings. The minimum absolute atomic E-state index is 0.245. The lowest BCUT2D eigenvalue weighted by atomic mass is 9.64. The number of hydrogen-bond acceptors (Lipinski definition) is 6. The van der Waals surface area contributed by atoms with E-state index in [0.29, 0.717) is 38.9 Å². The second-order valence-corrected chi connectivity index (χ2v) is 11.3.